The van der Waals surface area contributed by atoms with Crippen molar-refractivity contribution in [3.05, 3.63) is 18.2 Å². The third-order valence-electron chi connectivity index (χ3n) is 3.44. The van der Waals surface area contributed by atoms with Crippen LogP contribution in [0.5, 0.6) is 0 Å². The highest BCUT2D eigenvalue weighted by molar-refractivity contribution is 6.30. The molecule has 1 N–H and O–H groups in total. The first-order valence-corrected chi connectivity index (χ1v) is 6.99. The van der Waals surface area contributed by atoms with Crippen LogP contribution in [0.15, 0.2) is 12.5 Å². The maximum Gasteiger partial charge on any atom is 0.244 e. The third kappa shape index (κ3) is 2.86. The lowest BCUT2D eigenvalue weighted by atomic mass is 10.2. The summed E-state index contributed by atoms with van der Waals surface area (Å²) in [5.41, 5.74) is 0.766. The van der Waals surface area contributed by atoms with Crippen molar-refractivity contribution >= 4 is 17.5 Å². The van der Waals surface area contributed by atoms with Crippen molar-refractivity contribution in [1.29, 1.82) is 0 Å². The molecule has 0 aromatic carbocycles. The van der Waals surface area contributed by atoms with Crippen LogP contribution in [-0.2, 0) is 4.79 Å². The van der Waals surface area contributed by atoms with Crippen LogP contribution in [0.3, 0.4) is 0 Å². The average Bonchev–Trinajstić information content (AvgIpc) is 2.97. The molecule has 1 aliphatic rings. The van der Waals surface area contributed by atoms with E-state index >= 15 is 0 Å². The summed E-state index contributed by atoms with van der Waals surface area (Å²) in [5.74, 6) is -0.106. The lowest BCUT2D eigenvalue weighted by Gasteiger charge is -2.18. The fourth-order valence-corrected chi connectivity index (χ4v) is 2.65. The Balaban J connectivity index is 2.03. The number of carbonyl (C=O) groups excluding carboxylic acids is 1. The minimum Gasteiger partial charge on any atom is -0.352 e. The molecule has 1 heterocycles. The van der Waals surface area contributed by atoms with E-state index in [0.29, 0.717) is 6.04 Å². The maximum atomic E-state index is 12.1. The van der Waals surface area contributed by atoms with Crippen LogP contribution in [0, 0.1) is 0 Å². The van der Waals surface area contributed by atoms with Crippen molar-refractivity contribution in [2.24, 2.45) is 0 Å². The van der Waals surface area contributed by atoms with Gasteiger partial charge in [-0.3, -0.25) is 4.79 Å². The Labute approximate surface area is 113 Å². The Bertz CT molecular complexity index is 410. The molecule has 0 bridgehead atoms. The molecule has 0 spiro atoms. The number of hydrogen-bond donors (Lipinski definition) is 1. The van der Waals surface area contributed by atoms with Crippen LogP contribution in [0.25, 0.3) is 0 Å². The number of aromatic nitrogens is 2. The zero-order chi connectivity index (χ0) is 13.1. The molecule has 1 aromatic heterocycles. The van der Waals surface area contributed by atoms with Gasteiger partial charge in [-0.05, 0) is 26.7 Å². The predicted molar refractivity (Wildman–Crippen MR) is 71.6 cm³/mol. The van der Waals surface area contributed by atoms with E-state index < -0.39 is 5.38 Å². The van der Waals surface area contributed by atoms with Gasteiger partial charge in [0.25, 0.3) is 0 Å². The molecule has 1 atom stereocenters. The number of nitrogens with one attached hydrogen (secondary N) is 1. The molecule has 0 aliphatic heterocycles. The van der Waals surface area contributed by atoms with Crippen molar-refractivity contribution in [1.82, 2.24) is 14.9 Å². The van der Waals surface area contributed by atoms with Gasteiger partial charge >= 0.3 is 0 Å². The normalized spacial score (nSPS) is 18.2. The largest absolute Gasteiger partial charge is 0.352 e. The average molecular weight is 270 g/mol. The minimum absolute atomic E-state index is 0.106. The zero-order valence-electron chi connectivity index (χ0n) is 10.9. The van der Waals surface area contributed by atoms with Crippen molar-refractivity contribution in [3.63, 3.8) is 0 Å². The van der Waals surface area contributed by atoms with Gasteiger partial charge in [0.2, 0.25) is 5.91 Å². The number of hydrogen-bond acceptors (Lipinski definition) is 2. The Hall–Kier alpha value is -1.03. The number of carbonyl (C=O) groups is 1. The van der Waals surface area contributed by atoms with Crippen molar-refractivity contribution in [3.8, 4) is 0 Å². The summed E-state index contributed by atoms with van der Waals surface area (Å²) in [5, 5.41) is 2.36. The highest BCUT2D eigenvalue weighted by Crippen LogP contribution is 2.25. The SMILES string of the molecule is CC(C)n1cncc1C(Cl)C(=O)NC1CCCC1. The maximum absolute atomic E-state index is 12.1. The number of halogens is 1. The van der Waals surface area contributed by atoms with E-state index in [9.17, 15) is 4.79 Å². The highest BCUT2D eigenvalue weighted by atomic mass is 35.5. The molecule has 1 saturated carbocycles. The monoisotopic (exact) mass is 269 g/mol. The molecule has 18 heavy (non-hydrogen) atoms. The van der Waals surface area contributed by atoms with E-state index in [0.717, 1.165) is 18.5 Å². The van der Waals surface area contributed by atoms with Crippen LogP contribution in [0.2, 0.25) is 0 Å². The Morgan fingerprint density at radius 3 is 2.78 bits per heavy atom. The number of rotatable bonds is 4. The lowest BCUT2D eigenvalue weighted by Crippen LogP contribution is -2.35. The van der Waals surface area contributed by atoms with E-state index in [4.69, 9.17) is 11.6 Å². The van der Waals surface area contributed by atoms with Crippen molar-refractivity contribution in [2.75, 3.05) is 0 Å². The molecule has 1 unspecified atom stereocenters. The van der Waals surface area contributed by atoms with Gasteiger partial charge in [0, 0.05) is 12.1 Å². The summed E-state index contributed by atoms with van der Waals surface area (Å²) in [6, 6.07) is 0.553. The van der Waals surface area contributed by atoms with Gasteiger partial charge in [-0.25, -0.2) is 4.98 Å². The van der Waals surface area contributed by atoms with Crippen LogP contribution in [-0.4, -0.2) is 21.5 Å². The smallest absolute Gasteiger partial charge is 0.244 e. The molecule has 0 saturated heterocycles. The van der Waals surface area contributed by atoms with E-state index in [1.165, 1.54) is 12.8 Å². The number of amides is 1. The van der Waals surface area contributed by atoms with Crippen LogP contribution in [0.1, 0.15) is 56.6 Å². The molecule has 5 heteroatoms. The Morgan fingerprint density at radius 2 is 2.17 bits per heavy atom. The summed E-state index contributed by atoms with van der Waals surface area (Å²) >= 11 is 6.25. The fourth-order valence-electron chi connectivity index (χ4n) is 2.42. The van der Waals surface area contributed by atoms with Gasteiger partial charge in [0.1, 0.15) is 0 Å². The van der Waals surface area contributed by atoms with E-state index in [2.05, 4.69) is 10.3 Å². The highest BCUT2D eigenvalue weighted by Gasteiger charge is 2.25. The molecule has 1 fully saturated rings. The molecule has 1 aromatic rings. The Morgan fingerprint density at radius 1 is 1.50 bits per heavy atom. The minimum atomic E-state index is -0.657. The molecule has 0 radical (unpaired) electrons. The second-order valence-corrected chi connectivity index (χ2v) is 5.61. The molecular formula is C13H20ClN3O. The summed E-state index contributed by atoms with van der Waals surface area (Å²) in [7, 11) is 0. The van der Waals surface area contributed by atoms with Gasteiger partial charge in [0.15, 0.2) is 5.38 Å². The molecular weight excluding hydrogens is 250 g/mol. The summed E-state index contributed by atoms with van der Waals surface area (Å²) < 4.78 is 1.94. The molecule has 1 amide bonds. The van der Waals surface area contributed by atoms with Crippen molar-refractivity contribution in [2.45, 2.75) is 57.0 Å². The number of nitrogens with zero attached hydrogens (tertiary/aromatic N) is 2. The summed E-state index contributed by atoms with van der Waals surface area (Å²) in [6.45, 7) is 4.09. The quantitative estimate of drug-likeness (QED) is 0.855. The predicted octanol–water partition coefficient (Wildman–Crippen LogP) is 2.80. The standard InChI is InChI=1S/C13H20ClN3O/c1-9(2)17-8-15-7-11(17)12(14)13(18)16-10-5-3-4-6-10/h7-10,12H,3-6H2,1-2H3,(H,16,18). The summed E-state index contributed by atoms with van der Waals surface area (Å²) in [6.07, 6.45) is 7.92. The van der Waals surface area contributed by atoms with Crippen LogP contribution >= 0.6 is 11.6 Å². The topological polar surface area (TPSA) is 46.9 Å². The fraction of sp³-hybridized carbons (Fsp3) is 0.692. The first-order valence-electron chi connectivity index (χ1n) is 6.55. The van der Waals surface area contributed by atoms with Crippen molar-refractivity contribution < 1.29 is 4.79 Å². The van der Waals surface area contributed by atoms with Gasteiger partial charge in [-0.2, -0.15) is 0 Å². The first-order chi connectivity index (χ1) is 8.59. The zero-order valence-corrected chi connectivity index (χ0v) is 11.7. The second-order valence-electron chi connectivity index (χ2n) is 5.17. The molecule has 2 rings (SSSR count). The van der Waals surface area contributed by atoms with Gasteiger partial charge in [-0.15, -0.1) is 11.6 Å². The Kier molecular flexibility index (Phi) is 4.27. The van der Waals surface area contributed by atoms with E-state index in [1.807, 2.05) is 18.4 Å². The third-order valence-corrected chi connectivity index (χ3v) is 3.87. The second kappa shape index (κ2) is 5.74. The van der Waals surface area contributed by atoms with Gasteiger partial charge in [0.05, 0.1) is 18.2 Å². The summed E-state index contributed by atoms with van der Waals surface area (Å²) in [4.78, 5) is 16.2. The van der Waals surface area contributed by atoms with Gasteiger partial charge < -0.3 is 9.88 Å². The van der Waals surface area contributed by atoms with Crippen LogP contribution in [0.4, 0.5) is 0 Å². The van der Waals surface area contributed by atoms with E-state index in [1.54, 1.807) is 12.5 Å². The first kappa shape index (κ1) is 13.4. The molecule has 100 valence electrons. The number of imidazole rings is 1. The lowest BCUT2D eigenvalue weighted by molar-refractivity contribution is -0.121. The number of alkyl halides is 1. The van der Waals surface area contributed by atoms with Gasteiger partial charge in [-0.1, -0.05) is 12.8 Å². The van der Waals surface area contributed by atoms with Crippen LogP contribution < -0.4 is 5.32 Å². The molecule has 1 aliphatic carbocycles. The molecule has 4 nitrogen and oxygen atoms in total. The van der Waals surface area contributed by atoms with E-state index in [-0.39, 0.29) is 11.9 Å².